The molecule has 0 radical (unpaired) electrons. The number of nitrogens with one attached hydrogen (secondary N) is 5. The summed E-state index contributed by atoms with van der Waals surface area (Å²) in [5.41, 5.74) is 5.72. The number of carboxylic acid groups (broad SMARTS) is 1. The van der Waals surface area contributed by atoms with Crippen LogP contribution in [0.2, 0.25) is 0 Å². The standard InChI is InChI=1S/C36H40N8O5/c1-21-18-27(12-17-30(21)34(46)38-29-15-16-29)24-6-2-22(3-7-24)19-31(40-33(45)26-8-4-23(5-9-26)20-37-36(48)49)35(47)39-28-13-10-25(11-14-28)32-41-43-44-42-32/h2-3,6-7,10-14,17-18,23,26,29,31,37H,4-5,8-9,15-16,19-20H2,1H3,(H,38,46)(H,39,47)(H,40,45)(H,48,49)(H,41,42,43,44)/t23-,26-,31-/m0/s1. The zero-order valence-corrected chi connectivity index (χ0v) is 27.2. The summed E-state index contributed by atoms with van der Waals surface area (Å²) in [6.45, 7) is 2.31. The molecule has 13 nitrogen and oxygen atoms in total. The number of nitrogens with zero attached hydrogens (tertiary/aromatic N) is 3. The van der Waals surface area contributed by atoms with Gasteiger partial charge in [0.1, 0.15) is 6.04 Å². The lowest BCUT2D eigenvalue weighted by Gasteiger charge is -2.29. The second-order valence-electron chi connectivity index (χ2n) is 13.0. The number of hydrogen-bond donors (Lipinski definition) is 6. The van der Waals surface area contributed by atoms with Crippen LogP contribution in [0.3, 0.4) is 0 Å². The highest BCUT2D eigenvalue weighted by Crippen LogP contribution is 2.29. The van der Waals surface area contributed by atoms with Gasteiger partial charge in [0.2, 0.25) is 11.8 Å². The van der Waals surface area contributed by atoms with Crippen LogP contribution in [-0.4, -0.2) is 68.2 Å². The normalized spacial score (nSPS) is 17.8. The van der Waals surface area contributed by atoms with Crippen LogP contribution in [-0.2, 0) is 16.0 Å². The minimum absolute atomic E-state index is 0.0421. The largest absolute Gasteiger partial charge is 0.465 e. The Balaban J connectivity index is 1.13. The van der Waals surface area contributed by atoms with Crippen LogP contribution in [0.5, 0.6) is 0 Å². The maximum atomic E-state index is 13.7. The van der Waals surface area contributed by atoms with Gasteiger partial charge in [0, 0.05) is 41.7 Å². The molecule has 6 rings (SSSR count). The molecule has 13 heteroatoms. The van der Waals surface area contributed by atoms with Crippen molar-refractivity contribution in [1.82, 2.24) is 36.6 Å². The van der Waals surface area contributed by atoms with Gasteiger partial charge in [0.15, 0.2) is 5.82 Å². The van der Waals surface area contributed by atoms with Gasteiger partial charge in [0.25, 0.3) is 5.91 Å². The molecular formula is C36H40N8O5. The lowest BCUT2D eigenvalue weighted by molar-refractivity contribution is -0.130. The van der Waals surface area contributed by atoms with Crippen LogP contribution in [0.25, 0.3) is 22.5 Å². The molecule has 2 aliphatic carbocycles. The molecule has 49 heavy (non-hydrogen) atoms. The number of rotatable bonds is 12. The Hall–Kier alpha value is -5.59. The fourth-order valence-electron chi connectivity index (χ4n) is 6.24. The summed E-state index contributed by atoms with van der Waals surface area (Å²) >= 11 is 0. The molecule has 1 heterocycles. The molecule has 0 bridgehead atoms. The summed E-state index contributed by atoms with van der Waals surface area (Å²) in [7, 11) is 0. The number of aromatic amines is 1. The van der Waals surface area contributed by atoms with Gasteiger partial charge in [0.05, 0.1) is 0 Å². The van der Waals surface area contributed by atoms with E-state index in [0.29, 0.717) is 42.5 Å². The van der Waals surface area contributed by atoms with Gasteiger partial charge < -0.3 is 26.4 Å². The summed E-state index contributed by atoms with van der Waals surface area (Å²) < 4.78 is 0. The lowest BCUT2D eigenvalue weighted by Crippen LogP contribution is -2.48. The molecule has 0 unspecified atom stereocenters. The molecule has 1 aromatic heterocycles. The van der Waals surface area contributed by atoms with E-state index in [0.717, 1.165) is 53.5 Å². The molecule has 1 atom stereocenters. The van der Waals surface area contributed by atoms with Crippen molar-refractivity contribution in [2.45, 2.75) is 64.0 Å². The molecule has 6 N–H and O–H groups in total. The number of aromatic nitrogens is 4. The van der Waals surface area contributed by atoms with Crippen molar-refractivity contribution in [2.75, 3.05) is 11.9 Å². The summed E-state index contributed by atoms with van der Waals surface area (Å²) in [6.07, 6.45) is 4.01. The van der Waals surface area contributed by atoms with Crippen LogP contribution >= 0.6 is 0 Å². The number of benzene rings is 3. The third kappa shape index (κ3) is 8.86. The lowest BCUT2D eigenvalue weighted by atomic mass is 9.81. The van der Waals surface area contributed by atoms with Gasteiger partial charge in [-0.3, -0.25) is 14.4 Å². The number of tetrazole rings is 1. The predicted octanol–water partition coefficient (Wildman–Crippen LogP) is 4.47. The molecule has 4 amide bonds. The third-order valence-corrected chi connectivity index (χ3v) is 9.27. The van der Waals surface area contributed by atoms with Gasteiger partial charge in [-0.15, -0.1) is 5.10 Å². The van der Waals surface area contributed by atoms with Crippen molar-refractivity contribution in [2.24, 2.45) is 11.8 Å². The van der Waals surface area contributed by atoms with Gasteiger partial charge in [-0.05, 0) is 114 Å². The number of hydrogen-bond acceptors (Lipinski definition) is 7. The van der Waals surface area contributed by atoms with Crippen molar-refractivity contribution < 1.29 is 24.3 Å². The van der Waals surface area contributed by atoms with Gasteiger partial charge in [-0.25, -0.2) is 9.89 Å². The second kappa shape index (κ2) is 15.1. The Morgan fingerprint density at radius 2 is 1.57 bits per heavy atom. The van der Waals surface area contributed by atoms with E-state index in [1.807, 2.05) is 49.4 Å². The minimum atomic E-state index is -1.05. The molecule has 2 fully saturated rings. The monoisotopic (exact) mass is 664 g/mol. The first-order valence-electron chi connectivity index (χ1n) is 16.6. The quantitative estimate of drug-likeness (QED) is 0.128. The Kier molecular flexibility index (Phi) is 10.3. The maximum absolute atomic E-state index is 13.7. The Morgan fingerprint density at radius 1 is 0.878 bits per heavy atom. The summed E-state index contributed by atoms with van der Waals surface area (Å²) in [5, 5.41) is 34.1. The van der Waals surface area contributed by atoms with Crippen LogP contribution in [0.1, 0.15) is 60.0 Å². The third-order valence-electron chi connectivity index (χ3n) is 9.27. The highest BCUT2D eigenvalue weighted by Gasteiger charge is 2.30. The summed E-state index contributed by atoms with van der Waals surface area (Å²) in [4.78, 5) is 50.6. The summed E-state index contributed by atoms with van der Waals surface area (Å²) in [5.74, 6) is -0.137. The summed E-state index contributed by atoms with van der Waals surface area (Å²) in [6, 6.07) is 20.2. The van der Waals surface area contributed by atoms with Crippen LogP contribution in [0, 0.1) is 18.8 Å². The Morgan fingerprint density at radius 3 is 2.20 bits per heavy atom. The first kappa shape index (κ1) is 33.3. The number of carbonyl (C=O) groups is 4. The Bertz CT molecular complexity index is 1780. The topological polar surface area (TPSA) is 191 Å². The number of amides is 4. The molecule has 2 aliphatic rings. The van der Waals surface area contributed by atoms with Crippen molar-refractivity contribution in [3.05, 3.63) is 83.4 Å². The fourth-order valence-corrected chi connectivity index (χ4v) is 6.24. The van der Waals surface area contributed by atoms with E-state index in [1.165, 1.54) is 0 Å². The van der Waals surface area contributed by atoms with Crippen LogP contribution < -0.4 is 21.3 Å². The second-order valence-corrected chi connectivity index (χ2v) is 13.0. The van der Waals surface area contributed by atoms with E-state index >= 15 is 0 Å². The zero-order chi connectivity index (χ0) is 34.3. The molecule has 3 aromatic carbocycles. The minimum Gasteiger partial charge on any atom is -0.465 e. The number of H-pyrrole nitrogens is 1. The molecule has 0 saturated heterocycles. The molecule has 254 valence electrons. The Labute approximate surface area is 283 Å². The number of aryl methyl sites for hydroxylation is 1. The van der Waals surface area contributed by atoms with E-state index in [-0.39, 0.29) is 36.0 Å². The van der Waals surface area contributed by atoms with E-state index in [2.05, 4.69) is 41.9 Å². The molecule has 0 aliphatic heterocycles. The van der Waals surface area contributed by atoms with Crippen LogP contribution in [0.4, 0.5) is 10.5 Å². The van der Waals surface area contributed by atoms with Crippen molar-refractivity contribution >= 4 is 29.5 Å². The van der Waals surface area contributed by atoms with E-state index in [1.54, 1.807) is 24.3 Å². The molecule has 4 aromatic rings. The van der Waals surface area contributed by atoms with E-state index < -0.39 is 12.1 Å². The van der Waals surface area contributed by atoms with Crippen molar-refractivity contribution in [3.8, 4) is 22.5 Å². The van der Waals surface area contributed by atoms with Gasteiger partial charge >= 0.3 is 6.09 Å². The highest BCUT2D eigenvalue weighted by molar-refractivity contribution is 5.98. The van der Waals surface area contributed by atoms with E-state index in [4.69, 9.17) is 5.11 Å². The predicted molar refractivity (Wildman–Crippen MR) is 182 cm³/mol. The van der Waals surface area contributed by atoms with Gasteiger partial charge in [-0.1, -0.05) is 36.4 Å². The van der Waals surface area contributed by atoms with E-state index in [9.17, 15) is 19.2 Å². The smallest absolute Gasteiger partial charge is 0.404 e. The molecule has 0 spiro atoms. The average Bonchev–Trinajstić information content (AvgIpc) is 3.75. The molecule has 2 saturated carbocycles. The number of carbonyl (C=O) groups excluding carboxylic acids is 3. The maximum Gasteiger partial charge on any atom is 0.404 e. The van der Waals surface area contributed by atoms with Crippen molar-refractivity contribution in [3.63, 3.8) is 0 Å². The van der Waals surface area contributed by atoms with Crippen LogP contribution in [0.15, 0.2) is 66.7 Å². The zero-order valence-electron chi connectivity index (χ0n) is 27.2. The first-order chi connectivity index (χ1) is 23.7. The number of anilines is 1. The SMILES string of the molecule is Cc1cc(-c2ccc(C[C@H](NC(=O)[C@H]3CC[C@H](CNC(=O)O)CC3)C(=O)Nc3ccc(-c4nnn[nH]4)cc3)cc2)ccc1C(=O)NC1CC1. The highest BCUT2D eigenvalue weighted by atomic mass is 16.4. The fraction of sp³-hybridized carbons (Fsp3) is 0.361. The van der Waals surface area contributed by atoms with Gasteiger partial charge in [-0.2, -0.15) is 0 Å². The van der Waals surface area contributed by atoms with Crippen molar-refractivity contribution in [1.29, 1.82) is 0 Å². The molecular weight excluding hydrogens is 624 g/mol. The first-order valence-corrected chi connectivity index (χ1v) is 16.6. The average molecular weight is 665 g/mol.